The summed E-state index contributed by atoms with van der Waals surface area (Å²) in [4.78, 5) is 3.23. The number of hydrogen-bond acceptors (Lipinski definition) is 2. The lowest BCUT2D eigenvalue weighted by atomic mass is 9.94. The highest BCUT2D eigenvalue weighted by Crippen LogP contribution is 2.37. The summed E-state index contributed by atoms with van der Waals surface area (Å²) in [7, 11) is 0. The third kappa shape index (κ3) is 1.56. The van der Waals surface area contributed by atoms with Gasteiger partial charge in [0.1, 0.15) is 0 Å². The van der Waals surface area contributed by atoms with Crippen molar-refractivity contribution in [1.82, 2.24) is 9.55 Å². The average molecular weight is 283 g/mol. The second-order valence-electron chi connectivity index (χ2n) is 5.02. The van der Waals surface area contributed by atoms with Crippen molar-refractivity contribution in [3.05, 3.63) is 28.0 Å². The Balaban J connectivity index is 2.35. The zero-order chi connectivity index (χ0) is 12.9. The molecular weight excluding hydrogens is 268 g/mol. The standard InChI is InChI=1S/C13H15ClN2OS/c1-8-13(2,6-7-17-8)16-11-9(14)4-3-5-10(11)15-12(16)18/h3-5,8H,6-7H2,1-2H3,(H,15,18). The smallest absolute Gasteiger partial charge is 0.178 e. The van der Waals surface area contributed by atoms with Gasteiger partial charge in [0.15, 0.2) is 4.77 Å². The van der Waals surface area contributed by atoms with Crippen molar-refractivity contribution in [2.24, 2.45) is 0 Å². The summed E-state index contributed by atoms with van der Waals surface area (Å²) in [6.45, 7) is 5.03. The van der Waals surface area contributed by atoms with Crippen molar-refractivity contribution in [3.8, 4) is 0 Å². The lowest BCUT2D eigenvalue weighted by Crippen LogP contribution is -2.36. The molecule has 0 amide bonds. The van der Waals surface area contributed by atoms with Crippen molar-refractivity contribution in [2.45, 2.75) is 31.9 Å². The first-order valence-corrected chi connectivity index (χ1v) is 6.84. The van der Waals surface area contributed by atoms with Gasteiger partial charge in [-0.3, -0.25) is 0 Å². The van der Waals surface area contributed by atoms with Gasteiger partial charge in [-0.05, 0) is 44.6 Å². The Kier molecular flexibility index (Phi) is 2.77. The van der Waals surface area contributed by atoms with Gasteiger partial charge in [0.25, 0.3) is 0 Å². The van der Waals surface area contributed by atoms with Crippen LogP contribution in [0.5, 0.6) is 0 Å². The molecule has 0 radical (unpaired) electrons. The molecule has 3 nitrogen and oxygen atoms in total. The summed E-state index contributed by atoms with van der Waals surface area (Å²) in [6.07, 6.45) is 1.07. The third-order valence-corrected chi connectivity index (χ3v) is 4.61. The predicted molar refractivity (Wildman–Crippen MR) is 75.8 cm³/mol. The molecule has 1 aromatic heterocycles. The van der Waals surface area contributed by atoms with Gasteiger partial charge < -0.3 is 14.3 Å². The first-order chi connectivity index (χ1) is 8.54. The molecule has 1 aliphatic rings. The first-order valence-electron chi connectivity index (χ1n) is 6.05. The van der Waals surface area contributed by atoms with Crippen LogP contribution >= 0.6 is 23.8 Å². The largest absolute Gasteiger partial charge is 0.376 e. The fourth-order valence-corrected chi connectivity index (χ4v) is 3.39. The predicted octanol–water partition coefficient (Wildman–Crippen LogP) is 3.88. The fraction of sp³-hybridized carbons (Fsp3) is 0.462. The minimum absolute atomic E-state index is 0.125. The lowest BCUT2D eigenvalue weighted by Gasteiger charge is -2.30. The van der Waals surface area contributed by atoms with E-state index in [4.69, 9.17) is 28.6 Å². The summed E-state index contributed by atoms with van der Waals surface area (Å²) in [5, 5.41) is 0.722. The van der Waals surface area contributed by atoms with Crippen LogP contribution in [0.4, 0.5) is 0 Å². The van der Waals surface area contributed by atoms with Crippen molar-refractivity contribution in [2.75, 3.05) is 6.61 Å². The number of hydrogen-bond donors (Lipinski definition) is 1. The number of halogens is 1. The lowest BCUT2D eigenvalue weighted by molar-refractivity contribution is 0.0770. The van der Waals surface area contributed by atoms with Crippen LogP contribution in [0.2, 0.25) is 5.02 Å². The normalized spacial score (nSPS) is 28.1. The molecule has 0 aliphatic carbocycles. The Morgan fingerprint density at radius 1 is 1.56 bits per heavy atom. The van der Waals surface area contributed by atoms with Gasteiger partial charge >= 0.3 is 0 Å². The van der Waals surface area contributed by atoms with Gasteiger partial charge in [0, 0.05) is 6.61 Å². The molecule has 5 heteroatoms. The number of rotatable bonds is 1. The number of fused-ring (bicyclic) bond motifs is 1. The molecule has 0 bridgehead atoms. The molecule has 3 rings (SSSR count). The Labute approximate surface area is 116 Å². The summed E-state index contributed by atoms with van der Waals surface area (Å²) in [5.74, 6) is 0. The molecule has 1 saturated heterocycles. The van der Waals surface area contributed by atoms with Gasteiger partial charge in [-0.15, -0.1) is 0 Å². The molecule has 1 fully saturated rings. The second kappa shape index (κ2) is 4.08. The van der Waals surface area contributed by atoms with Gasteiger partial charge in [0.2, 0.25) is 0 Å². The number of nitrogens with zero attached hydrogens (tertiary/aromatic N) is 1. The van der Waals surface area contributed by atoms with Crippen LogP contribution in [0.3, 0.4) is 0 Å². The second-order valence-corrected chi connectivity index (χ2v) is 5.82. The number of aromatic nitrogens is 2. The number of benzene rings is 1. The highest BCUT2D eigenvalue weighted by atomic mass is 35.5. The third-order valence-electron chi connectivity index (χ3n) is 4.02. The van der Waals surface area contributed by atoms with Gasteiger partial charge in [-0.2, -0.15) is 0 Å². The molecule has 2 aromatic rings. The van der Waals surface area contributed by atoms with Gasteiger partial charge in [0.05, 0.1) is 27.7 Å². The SMILES string of the molecule is CC1OCCC1(C)n1c(=S)[nH]c2cccc(Cl)c21. The Bertz CT molecular complexity index is 663. The monoisotopic (exact) mass is 282 g/mol. The summed E-state index contributed by atoms with van der Waals surface area (Å²) >= 11 is 11.8. The van der Waals surface area contributed by atoms with Crippen molar-refractivity contribution in [1.29, 1.82) is 0 Å². The molecule has 0 saturated carbocycles. The number of imidazole rings is 1. The minimum atomic E-state index is -0.139. The van der Waals surface area contributed by atoms with E-state index in [9.17, 15) is 0 Å². The molecular formula is C13H15ClN2OS. The highest BCUT2D eigenvalue weighted by molar-refractivity contribution is 7.71. The maximum absolute atomic E-state index is 6.34. The molecule has 1 N–H and O–H groups in total. The van der Waals surface area contributed by atoms with E-state index in [0.717, 1.165) is 29.1 Å². The summed E-state index contributed by atoms with van der Waals surface area (Å²) < 4.78 is 8.54. The molecule has 18 heavy (non-hydrogen) atoms. The zero-order valence-electron chi connectivity index (χ0n) is 10.4. The van der Waals surface area contributed by atoms with Crippen LogP contribution in [0, 0.1) is 4.77 Å². The Morgan fingerprint density at radius 3 is 3.00 bits per heavy atom. The molecule has 0 spiro atoms. The number of H-pyrrole nitrogens is 1. The van der Waals surface area contributed by atoms with Crippen LogP contribution in [0.15, 0.2) is 18.2 Å². The number of ether oxygens (including phenoxy) is 1. The molecule has 2 atom stereocenters. The molecule has 1 aromatic carbocycles. The Hall–Kier alpha value is -0.840. The van der Waals surface area contributed by atoms with E-state index in [1.54, 1.807) is 0 Å². The van der Waals surface area contributed by atoms with Crippen LogP contribution in [-0.4, -0.2) is 22.3 Å². The topological polar surface area (TPSA) is 29.9 Å². The van der Waals surface area contributed by atoms with E-state index < -0.39 is 0 Å². The molecule has 2 heterocycles. The number of para-hydroxylation sites is 1. The molecule has 1 aliphatic heterocycles. The first kappa shape index (κ1) is 12.2. The van der Waals surface area contributed by atoms with Crippen molar-refractivity contribution in [3.63, 3.8) is 0 Å². The van der Waals surface area contributed by atoms with Crippen LogP contribution < -0.4 is 0 Å². The fourth-order valence-electron chi connectivity index (χ4n) is 2.72. The van der Waals surface area contributed by atoms with E-state index in [1.165, 1.54) is 0 Å². The summed E-state index contributed by atoms with van der Waals surface area (Å²) in [5.41, 5.74) is 1.82. The maximum atomic E-state index is 6.34. The average Bonchev–Trinajstić information content (AvgIpc) is 2.82. The van der Waals surface area contributed by atoms with E-state index >= 15 is 0 Å². The molecule has 96 valence electrons. The summed E-state index contributed by atoms with van der Waals surface area (Å²) in [6, 6.07) is 5.82. The highest BCUT2D eigenvalue weighted by Gasteiger charge is 2.40. The van der Waals surface area contributed by atoms with Crippen molar-refractivity contribution < 1.29 is 4.74 Å². The number of aromatic amines is 1. The quantitative estimate of drug-likeness (QED) is 0.805. The Morgan fingerprint density at radius 2 is 2.33 bits per heavy atom. The number of nitrogens with one attached hydrogen (secondary N) is 1. The molecule has 2 unspecified atom stereocenters. The van der Waals surface area contributed by atoms with Gasteiger partial charge in [-0.1, -0.05) is 17.7 Å². The zero-order valence-corrected chi connectivity index (χ0v) is 11.9. The van der Waals surface area contributed by atoms with Crippen LogP contribution in [0.25, 0.3) is 11.0 Å². The minimum Gasteiger partial charge on any atom is -0.376 e. The van der Waals surface area contributed by atoms with E-state index in [2.05, 4.69) is 23.4 Å². The van der Waals surface area contributed by atoms with E-state index in [-0.39, 0.29) is 11.6 Å². The maximum Gasteiger partial charge on any atom is 0.178 e. The van der Waals surface area contributed by atoms with E-state index in [0.29, 0.717) is 4.77 Å². The van der Waals surface area contributed by atoms with Gasteiger partial charge in [-0.25, -0.2) is 0 Å². The van der Waals surface area contributed by atoms with Crippen LogP contribution in [0.1, 0.15) is 20.3 Å². The van der Waals surface area contributed by atoms with Crippen molar-refractivity contribution >= 4 is 34.9 Å². The van der Waals surface area contributed by atoms with Crippen LogP contribution in [-0.2, 0) is 10.3 Å². The van der Waals surface area contributed by atoms with E-state index in [1.807, 2.05) is 18.2 Å².